The largest absolute Gasteiger partial charge is 0.493 e. The molecule has 2 N–H and O–H groups in total. The van der Waals surface area contributed by atoms with Gasteiger partial charge in [0.1, 0.15) is 0 Å². The summed E-state index contributed by atoms with van der Waals surface area (Å²) in [5.41, 5.74) is 6.13. The van der Waals surface area contributed by atoms with Crippen molar-refractivity contribution in [1.82, 2.24) is 0 Å². The summed E-state index contributed by atoms with van der Waals surface area (Å²) in [6.45, 7) is 1.75. The minimum atomic E-state index is -1.96. The van der Waals surface area contributed by atoms with Gasteiger partial charge < -0.3 is 24.7 Å². The van der Waals surface area contributed by atoms with E-state index in [1.807, 2.05) is 0 Å². The third-order valence-electron chi connectivity index (χ3n) is 2.89. The molecule has 1 unspecified atom stereocenters. The van der Waals surface area contributed by atoms with Crippen LogP contribution < -0.4 is 19.9 Å². The van der Waals surface area contributed by atoms with Crippen molar-refractivity contribution in [2.75, 3.05) is 20.5 Å². The fourth-order valence-electron chi connectivity index (χ4n) is 1.88. The SMILES string of the molecule is CCOC(=O)C(F)[C@H](N)c1cc(OC)c2c(c1)OCO2.Cl. The molecule has 0 aliphatic carbocycles. The number of alkyl halides is 1. The van der Waals surface area contributed by atoms with Crippen LogP contribution in [0.1, 0.15) is 18.5 Å². The van der Waals surface area contributed by atoms with Crippen molar-refractivity contribution in [3.63, 3.8) is 0 Å². The van der Waals surface area contributed by atoms with Crippen LogP contribution in [0.2, 0.25) is 0 Å². The maximum atomic E-state index is 13.9. The van der Waals surface area contributed by atoms with E-state index in [2.05, 4.69) is 4.74 Å². The molecule has 21 heavy (non-hydrogen) atoms. The maximum Gasteiger partial charge on any atom is 0.342 e. The van der Waals surface area contributed by atoms with Crippen molar-refractivity contribution in [2.45, 2.75) is 19.1 Å². The number of methoxy groups -OCH3 is 1. The van der Waals surface area contributed by atoms with E-state index in [0.29, 0.717) is 22.8 Å². The van der Waals surface area contributed by atoms with E-state index in [1.165, 1.54) is 19.2 Å². The van der Waals surface area contributed by atoms with Crippen molar-refractivity contribution in [3.05, 3.63) is 17.7 Å². The van der Waals surface area contributed by atoms with Gasteiger partial charge in [0, 0.05) is 0 Å². The van der Waals surface area contributed by atoms with Crippen molar-refractivity contribution in [3.8, 4) is 17.2 Å². The summed E-state index contributed by atoms with van der Waals surface area (Å²) in [7, 11) is 1.45. The Labute approximate surface area is 127 Å². The van der Waals surface area contributed by atoms with Crippen LogP contribution in [0.15, 0.2) is 12.1 Å². The van der Waals surface area contributed by atoms with Gasteiger partial charge in [0.15, 0.2) is 11.5 Å². The van der Waals surface area contributed by atoms with Gasteiger partial charge in [-0.3, -0.25) is 0 Å². The van der Waals surface area contributed by atoms with E-state index in [0.717, 1.165) is 0 Å². The number of nitrogens with two attached hydrogens (primary N) is 1. The smallest absolute Gasteiger partial charge is 0.342 e. The molecule has 1 aliphatic heterocycles. The fourth-order valence-corrected chi connectivity index (χ4v) is 1.88. The van der Waals surface area contributed by atoms with E-state index in [1.54, 1.807) is 6.92 Å². The average molecular weight is 322 g/mol. The van der Waals surface area contributed by atoms with Crippen LogP contribution in [0.5, 0.6) is 17.2 Å². The zero-order valence-electron chi connectivity index (χ0n) is 11.6. The Kier molecular flexibility index (Phi) is 6.04. The van der Waals surface area contributed by atoms with E-state index < -0.39 is 18.2 Å². The fraction of sp³-hybridized carbons (Fsp3) is 0.462. The number of rotatable bonds is 5. The number of carbonyl (C=O) groups is 1. The molecule has 2 atom stereocenters. The highest BCUT2D eigenvalue weighted by atomic mass is 35.5. The van der Waals surface area contributed by atoms with Gasteiger partial charge >= 0.3 is 5.97 Å². The first kappa shape index (κ1) is 17.3. The molecular formula is C13H17ClFNO5. The number of fused-ring (bicyclic) bond motifs is 1. The normalized spacial score (nSPS) is 14.9. The standard InChI is InChI=1S/C13H16FNO5.ClH/c1-3-18-13(16)10(14)11(15)7-4-8(17-2)12-9(5-7)19-6-20-12;/h4-5,10-11H,3,6,15H2,1-2H3;1H/t10?,11-;/m1./s1. The molecule has 0 amide bonds. The summed E-state index contributed by atoms with van der Waals surface area (Å²) in [6, 6.07) is 1.88. The molecule has 1 aliphatic rings. The minimum Gasteiger partial charge on any atom is -0.493 e. The van der Waals surface area contributed by atoms with E-state index in [-0.39, 0.29) is 25.8 Å². The van der Waals surface area contributed by atoms with Gasteiger partial charge in [0.2, 0.25) is 18.7 Å². The van der Waals surface area contributed by atoms with Gasteiger partial charge in [-0.1, -0.05) is 0 Å². The summed E-state index contributed by atoms with van der Waals surface area (Å²) in [5, 5.41) is 0. The monoisotopic (exact) mass is 321 g/mol. The van der Waals surface area contributed by atoms with Crippen molar-refractivity contribution >= 4 is 18.4 Å². The highest BCUT2D eigenvalue weighted by Gasteiger charge is 2.30. The predicted octanol–water partition coefficient (Wildman–Crippen LogP) is 1.75. The predicted molar refractivity (Wildman–Crippen MR) is 74.8 cm³/mol. The lowest BCUT2D eigenvalue weighted by molar-refractivity contribution is -0.149. The summed E-state index contributed by atoms with van der Waals surface area (Å²) in [5.74, 6) is 0.235. The number of hydrogen-bond acceptors (Lipinski definition) is 6. The molecule has 2 rings (SSSR count). The maximum absolute atomic E-state index is 13.9. The van der Waals surface area contributed by atoms with Crippen LogP contribution in [0.4, 0.5) is 4.39 Å². The average Bonchev–Trinajstić information content (AvgIpc) is 2.93. The quantitative estimate of drug-likeness (QED) is 0.832. The van der Waals surface area contributed by atoms with Gasteiger partial charge in [-0.25, -0.2) is 9.18 Å². The Bertz CT molecular complexity index is 514. The number of esters is 1. The Hall–Kier alpha value is -1.73. The van der Waals surface area contributed by atoms with Gasteiger partial charge in [0.25, 0.3) is 0 Å². The molecule has 1 aromatic carbocycles. The van der Waals surface area contributed by atoms with E-state index >= 15 is 0 Å². The molecule has 0 spiro atoms. The lowest BCUT2D eigenvalue weighted by Gasteiger charge is -2.17. The zero-order valence-corrected chi connectivity index (χ0v) is 12.4. The van der Waals surface area contributed by atoms with Gasteiger partial charge in [0.05, 0.1) is 19.8 Å². The first-order valence-corrected chi connectivity index (χ1v) is 6.12. The van der Waals surface area contributed by atoms with Crippen LogP contribution in [-0.4, -0.2) is 32.7 Å². The number of hydrogen-bond donors (Lipinski definition) is 1. The Morgan fingerprint density at radius 2 is 2.19 bits per heavy atom. The first-order valence-electron chi connectivity index (χ1n) is 6.12. The molecule has 1 aromatic rings. The van der Waals surface area contributed by atoms with Crippen molar-refractivity contribution < 1.29 is 28.1 Å². The topological polar surface area (TPSA) is 80.0 Å². The molecule has 0 saturated carbocycles. The Morgan fingerprint density at radius 3 is 2.81 bits per heavy atom. The van der Waals surface area contributed by atoms with Gasteiger partial charge in [-0.15, -0.1) is 12.4 Å². The second-order valence-corrected chi connectivity index (χ2v) is 4.14. The highest BCUT2D eigenvalue weighted by Crippen LogP contribution is 2.43. The molecule has 0 fully saturated rings. The second kappa shape index (κ2) is 7.33. The van der Waals surface area contributed by atoms with E-state index in [4.69, 9.17) is 19.9 Å². The van der Waals surface area contributed by atoms with Crippen LogP contribution in [0.3, 0.4) is 0 Å². The molecule has 0 radical (unpaired) electrons. The Balaban J connectivity index is 0.00000220. The molecule has 6 nitrogen and oxygen atoms in total. The number of carbonyl (C=O) groups excluding carboxylic acids is 1. The summed E-state index contributed by atoms with van der Waals surface area (Å²) >= 11 is 0. The second-order valence-electron chi connectivity index (χ2n) is 4.14. The molecule has 0 aromatic heterocycles. The summed E-state index contributed by atoms with van der Waals surface area (Å²) < 4.78 is 34.1. The number of ether oxygens (including phenoxy) is 4. The lowest BCUT2D eigenvalue weighted by atomic mass is 10.0. The zero-order chi connectivity index (χ0) is 14.7. The van der Waals surface area contributed by atoms with Crippen LogP contribution in [0.25, 0.3) is 0 Å². The van der Waals surface area contributed by atoms with Crippen LogP contribution >= 0.6 is 12.4 Å². The van der Waals surface area contributed by atoms with Crippen molar-refractivity contribution in [1.29, 1.82) is 0 Å². The lowest BCUT2D eigenvalue weighted by Crippen LogP contribution is -2.31. The molecule has 1 heterocycles. The molecule has 8 heteroatoms. The number of benzene rings is 1. The molecule has 0 bridgehead atoms. The Morgan fingerprint density at radius 1 is 1.48 bits per heavy atom. The van der Waals surface area contributed by atoms with Crippen LogP contribution in [-0.2, 0) is 9.53 Å². The minimum absolute atomic E-state index is 0. The van der Waals surface area contributed by atoms with Gasteiger partial charge in [-0.2, -0.15) is 0 Å². The summed E-state index contributed by atoms with van der Waals surface area (Å²) in [4.78, 5) is 11.4. The summed E-state index contributed by atoms with van der Waals surface area (Å²) in [6.07, 6.45) is -1.96. The highest BCUT2D eigenvalue weighted by molar-refractivity contribution is 5.85. The van der Waals surface area contributed by atoms with E-state index in [9.17, 15) is 9.18 Å². The van der Waals surface area contributed by atoms with Crippen molar-refractivity contribution in [2.24, 2.45) is 5.73 Å². The van der Waals surface area contributed by atoms with Gasteiger partial charge in [-0.05, 0) is 24.6 Å². The third-order valence-corrected chi connectivity index (χ3v) is 2.89. The molecule has 0 saturated heterocycles. The molecular weight excluding hydrogens is 305 g/mol. The molecule has 118 valence electrons. The van der Waals surface area contributed by atoms with Crippen LogP contribution in [0, 0.1) is 0 Å². The first-order chi connectivity index (χ1) is 9.58. The third kappa shape index (κ3) is 3.48. The number of halogens is 2.